The molecule has 0 aliphatic heterocycles. The van der Waals surface area contributed by atoms with Crippen LogP contribution in [0.1, 0.15) is 328 Å². The molecule has 0 aromatic rings. The van der Waals surface area contributed by atoms with E-state index in [4.69, 9.17) is 0 Å². The lowest BCUT2D eigenvalue weighted by molar-refractivity contribution is -0.123. The van der Waals surface area contributed by atoms with Crippen LogP contribution in [0.5, 0.6) is 0 Å². The van der Waals surface area contributed by atoms with Crippen molar-refractivity contribution in [1.29, 1.82) is 0 Å². The Balaban J connectivity index is 3.44. The van der Waals surface area contributed by atoms with E-state index >= 15 is 0 Å². The largest absolute Gasteiger partial charge is 0.394 e. The first-order valence-corrected chi connectivity index (χ1v) is 29.1. The lowest BCUT2D eigenvalue weighted by atomic mass is 10.0. The van der Waals surface area contributed by atoms with Gasteiger partial charge >= 0.3 is 0 Å². The highest BCUT2D eigenvalue weighted by Crippen LogP contribution is 2.17. The number of nitrogens with one attached hydrogen (secondary N) is 1. The van der Waals surface area contributed by atoms with E-state index in [9.17, 15) is 15.0 Å². The van der Waals surface area contributed by atoms with Gasteiger partial charge in [0, 0.05) is 6.42 Å². The minimum Gasteiger partial charge on any atom is -0.394 e. The zero-order valence-corrected chi connectivity index (χ0v) is 43.1. The van der Waals surface area contributed by atoms with E-state index < -0.39 is 12.1 Å². The molecule has 0 rings (SSSR count). The van der Waals surface area contributed by atoms with Crippen LogP contribution in [0.15, 0.2) is 24.3 Å². The number of aliphatic hydroxyl groups is 2. The zero-order chi connectivity index (χ0) is 45.6. The minimum atomic E-state index is -0.837. The summed E-state index contributed by atoms with van der Waals surface area (Å²) in [7, 11) is 0. The van der Waals surface area contributed by atoms with E-state index in [1.54, 1.807) is 6.08 Å². The SMILES string of the molecule is CCCCCCCCCCCCCC/C=C\CCCCCCCCCCCCCCCCCC(=O)NC(CO)C(O)/C=C/CCCCCCCCCCCCCCCCCCCC. The quantitative estimate of drug-likeness (QED) is 0.0421. The van der Waals surface area contributed by atoms with E-state index in [0.717, 1.165) is 25.7 Å². The van der Waals surface area contributed by atoms with Gasteiger partial charge in [-0.3, -0.25) is 4.79 Å². The highest BCUT2D eigenvalue weighted by molar-refractivity contribution is 5.76. The van der Waals surface area contributed by atoms with Crippen LogP contribution in [0, 0.1) is 0 Å². The molecule has 0 fully saturated rings. The number of carbonyl (C=O) groups is 1. The summed E-state index contributed by atoms with van der Waals surface area (Å²) < 4.78 is 0. The Morgan fingerprint density at radius 1 is 0.365 bits per heavy atom. The molecule has 1 amide bonds. The molecule has 3 N–H and O–H groups in total. The van der Waals surface area contributed by atoms with Crippen molar-refractivity contribution < 1.29 is 15.0 Å². The van der Waals surface area contributed by atoms with Crippen LogP contribution < -0.4 is 5.32 Å². The van der Waals surface area contributed by atoms with Gasteiger partial charge in [0.1, 0.15) is 0 Å². The predicted molar refractivity (Wildman–Crippen MR) is 281 cm³/mol. The molecule has 2 unspecified atom stereocenters. The number of carbonyl (C=O) groups excluding carboxylic acids is 1. The summed E-state index contributed by atoms with van der Waals surface area (Å²) in [6, 6.07) is -0.620. The smallest absolute Gasteiger partial charge is 0.220 e. The summed E-state index contributed by atoms with van der Waals surface area (Å²) in [4.78, 5) is 12.5. The van der Waals surface area contributed by atoms with E-state index in [0.29, 0.717) is 6.42 Å². The van der Waals surface area contributed by atoms with Crippen LogP contribution in [-0.2, 0) is 4.79 Å². The second kappa shape index (κ2) is 55.2. The van der Waals surface area contributed by atoms with Crippen LogP contribution in [0.4, 0.5) is 0 Å². The summed E-state index contributed by atoms with van der Waals surface area (Å²) in [6.07, 6.45) is 73.5. The molecule has 0 aromatic carbocycles. The molecule has 0 aromatic heterocycles. The first-order valence-electron chi connectivity index (χ1n) is 29.1. The van der Waals surface area contributed by atoms with Gasteiger partial charge in [-0.15, -0.1) is 0 Å². The summed E-state index contributed by atoms with van der Waals surface area (Å²) in [5.74, 6) is -0.0578. The van der Waals surface area contributed by atoms with Crippen LogP contribution in [-0.4, -0.2) is 34.9 Å². The summed E-state index contributed by atoms with van der Waals surface area (Å²) in [5, 5.41) is 23.2. The molecule has 0 radical (unpaired) electrons. The van der Waals surface area contributed by atoms with Gasteiger partial charge in [0.2, 0.25) is 5.91 Å². The third-order valence-corrected chi connectivity index (χ3v) is 13.7. The van der Waals surface area contributed by atoms with Crippen molar-refractivity contribution in [3.8, 4) is 0 Å². The van der Waals surface area contributed by atoms with Crippen molar-refractivity contribution in [1.82, 2.24) is 5.32 Å². The Labute approximate surface area is 396 Å². The summed E-state index contributed by atoms with van der Waals surface area (Å²) >= 11 is 0. The average molecular weight is 887 g/mol. The van der Waals surface area contributed by atoms with Gasteiger partial charge in [0.25, 0.3) is 0 Å². The third-order valence-electron chi connectivity index (χ3n) is 13.7. The Morgan fingerprint density at radius 3 is 0.873 bits per heavy atom. The first-order chi connectivity index (χ1) is 31.2. The molecule has 0 saturated carbocycles. The fourth-order valence-corrected chi connectivity index (χ4v) is 9.24. The van der Waals surface area contributed by atoms with Crippen LogP contribution in [0.2, 0.25) is 0 Å². The zero-order valence-electron chi connectivity index (χ0n) is 43.1. The van der Waals surface area contributed by atoms with E-state index in [2.05, 4.69) is 31.3 Å². The molecule has 2 atom stereocenters. The molecular weight excluding hydrogens is 771 g/mol. The van der Waals surface area contributed by atoms with Gasteiger partial charge in [-0.1, -0.05) is 301 Å². The average Bonchev–Trinajstić information content (AvgIpc) is 3.29. The Bertz CT molecular complexity index is 916. The lowest BCUT2D eigenvalue weighted by Crippen LogP contribution is -2.45. The van der Waals surface area contributed by atoms with Crippen molar-refractivity contribution in [2.24, 2.45) is 0 Å². The maximum atomic E-state index is 12.5. The molecule has 0 aliphatic rings. The van der Waals surface area contributed by atoms with Crippen molar-refractivity contribution in [3.05, 3.63) is 24.3 Å². The molecule has 4 nitrogen and oxygen atoms in total. The topological polar surface area (TPSA) is 69.6 Å². The van der Waals surface area contributed by atoms with Crippen LogP contribution >= 0.6 is 0 Å². The number of amides is 1. The normalized spacial score (nSPS) is 12.9. The third kappa shape index (κ3) is 51.7. The highest BCUT2D eigenvalue weighted by atomic mass is 16.3. The van der Waals surface area contributed by atoms with Gasteiger partial charge in [0.05, 0.1) is 18.8 Å². The molecule has 4 heteroatoms. The Kier molecular flexibility index (Phi) is 54.2. The fraction of sp³-hybridized carbons (Fsp3) is 0.915. The number of unbranched alkanes of at least 4 members (excludes halogenated alkanes) is 45. The molecule has 0 aliphatic carbocycles. The van der Waals surface area contributed by atoms with Gasteiger partial charge in [-0.2, -0.15) is 0 Å². The molecule has 0 heterocycles. The number of rotatable bonds is 54. The molecule has 0 saturated heterocycles. The Morgan fingerprint density at radius 2 is 0.603 bits per heavy atom. The van der Waals surface area contributed by atoms with E-state index in [-0.39, 0.29) is 12.5 Å². The van der Waals surface area contributed by atoms with Gasteiger partial charge < -0.3 is 15.5 Å². The van der Waals surface area contributed by atoms with E-state index in [1.165, 1.54) is 283 Å². The van der Waals surface area contributed by atoms with Crippen LogP contribution in [0.3, 0.4) is 0 Å². The molecule has 0 spiro atoms. The molecule has 374 valence electrons. The monoisotopic (exact) mass is 886 g/mol. The summed E-state index contributed by atoms with van der Waals surface area (Å²) in [5.41, 5.74) is 0. The van der Waals surface area contributed by atoms with E-state index in [1.807, 2.05) is 6.08 Å². The number of aliphatic hydroxyl groups excluding tert-OH is 2. The Hall–Kier alpha value is -1.13. The predicted octanol–water partition coefficient (Wildman–Crippen LogP) is 19.1. The standard InChI is InChI=1S/C59H115NO3/c1-3-5-7-9-11-13-15-17-19-21-23-25-26-27-28-29-30-31-32-33-34-35-37-39-41-43-45-47-49-51-53-55-59(63)60-57(56-61)58(62)54-52-50-48-46-44-42-40-38-36-24-22-20-18-16-14-12-10-8-6-4-2/h27-28,52,54,57-58,61-62H,3-26,29-51,53,55-56H2,1-2H3,(H,60,63)/b28-27-,54-52+. The minimum absolute atomic E-state index is 0.0578. The molecule has 63 heavy (non-hydrogen) atoms. The fourth-order valence-electron chi connectivity index (χ4n) is 9.24. The van der Waals surface area contributed by atoms with Gasteiger partial charge in [-0.05, 0) is 44.9 Å². The maximum absolute atomic E-state index is 12.5. The van der Waals surface area contributed by atoms with Crippen molar-refractivity contribution in [3.63, 3.8) is 0 Å². The maximum Gasteiger partial charge on any atom is 0.220 e. The number of hydrogen-bond donors (Lipinski definition) is 3. The summed E-state index contributed by atoms with van der Waals surface area (Å²) in [6.45, 7) is 4.35. The second-order valence-electron chi connectivity index (χ2n) is 20.1. The lowest BCUT2D eigenvalue weighted by Gasteiger charge is -2.20. The van der Waals surface area contributed by atoms with Gasteiger partial charge in [-0.25, -0.2) is 0 Å². The number of hydrogen-bond acceptors (Lipinski definition) is 3. The molecule has 0 bridgehead atoms. The van der Waals surface area contributed by atoms with Crippen molar-refractivity contribution >= 4 is 5.91 Å². The van der Waals surface area contributed by atoms with Gasteiger partial charge in [0.15, 0.2) is 0 Å². The number of allylic oxidation sites excluding steroid dienone is 3. The van der Waals surface area contributed by atoms with Crippen molar-refractivity contribution in [2.75, 3.05) is 6.61 Å². The second-order valence-corrected chi connectivity index (χ2v) is 20.1. The van der Waals surface area contributed by atoms with Crippen LogP contribution in [0.25, 0.3) is 0 Å². The highest BCUT2D eigenvalue weighted by Gasteiger charge is 2.18. The molecular formula is C59H115NO3. The van der Waals surface area contributed by atoms with Crippen molar-refractivity contribution in [2.45, 2.75) is 341 Å². The first kappa shape index (κ1) is 61.9.